The number of benzene rings is 1. The molecule has 0 saturated heterocycles. The molecule has 0 atom stereocenters. The van der Waals surface area contributed by atoms with E-state index in [2.05, 4.69) is 36.2 Å². The van der Waals surface area contributed by atoms with Crippen molar-refractivity contribution in [1.29, 1.82) is 0 Å². The van der Waals surface area contributed by atoms with Crippen LogP contribution < -0.4 is 21.3 Å². The lowest BCUT2D eigenvalue weighted by Gasteiger charge is -2.30. The second-order valence-electron chi connectivity index (χ2n) is 9.82. The summed E-state index contributed by atoms with van der Waals surface area (Å²) >= 11 is 0. The molecular weight excluding hydrogens is 482 g/mol. The quantitative estimate of drug-likeness (QED) is 0.282. The summed E-state index contributed by atoms with van der Waals surface area (Å²) in [6.45, 7) is 0. The highest BCUT2D eigenvalue weighted by atomic mass is 16.2. The molecule has 2 aliphatic carbocycles. The maximum absolute atomic E-state index is 13.0. The lowest BCUT2D eigenvalue weighted by molar-refractivity contribution is 0.0925. The van der Waals surface area contributed by atoms with Gasteiger partial charge in [-0.15, -0.1) is 5.10 Å². The first kappa shape index (κ1) is 23.8. The van der Waals surface area contributed by atoms with Crippen LogP contribution in [0.15, 0.2) is 61.2 Å². The molecule has 11 heteroatoms. The van der Waals surface area contributed by atoms with Crippen LogP contribution in [0, 0.1) is 0 Å². The molecule has 0 bridgehead atoms. The summed E-state index contributed by atoms with van der Waals surface area (Å²) in [5.74, 6) is 0.693. The van der Waals surface area contributed by atoms with Gasteiger partial charge in [-0.1, -0.05) is 18.2 Å². The number of imidazole rings is 1. The smallest absolute Gasteiger partial charge is 0.277 e. The molecule has 0 spiro atoms. The van der Waals surface area contributed by atoms with Gasteiger partial charge in [0.15, 0.2) is 11.3 Å². The molecule has 2 aliphatic rings. The Labute approximate surface area is 219 Å². The molecule has 3 heterocycles. The van der Waals surface area contributed by atoms with E-state index in [1.807, 2.05) is 36.4 Å². The van der Waals surface area contributed by atoms with Gasteiger partial charge < -0.3 is 21.3 Å². The van der Waals surface area contributed by atoms with Crippen LogP contribution in [-0.4, -0.2) is 54.5 Å². The van der Waals surface area contributed by atoms with Gasteiger partial charge in [-0.05, 0) is 56.7 Å². The Morgan fingerprint density at radius 2 is 1.55 bits per heavy atom. The maximum Gasteiger partial charge on any atom is 0.277 e. The molecule has 194 valence electrons. The minimum atomic E-state index is -0.354. The van der Waals surface area contributed by atoms with Crippen molar-refractivity contribution in [3.8, 4) is 0 Å². The Morgan fingerprint density at radius 1 is 0.816 bits per heavy atom. The van der Waals surface area contributed by atoms with Crippen LogP contribution in [0.2, 0.25) is 0 Å². The molecule has 4 aromatic rings. The van der Waals surface area contributed by atoms with Gasteiger partial charge in [-0.3, -0.25) is 9.59 Å². The number of nitrogens with zero attached hydrogens (tertiary/aromatic N) is 5. The third-order valence-corrected chi connectivity index (χ3v) is 6.91. The van der Waals surface area contributed by atoms with Crippen molar-refractivity contribution in [3.63, 3.8) is 0 Å². The van der Waals surface area contributed by atoms with Crippen molar-refractivity contribution in [1.82, 2.24) is 29.9 Å². The highest BCUT2D eigenvalue weighted by Gasteiger charge is 2.26. The Hall–Kier alpha value is -4.54. The predicted octanol–water partition coefficient (Wildman–Crippen LogP) is 3.50. The average molecular weight is 512 g/mol. The summed E-state index contributed by atoms with van der Waals surface area (Å²) in [6.07, 6.45) is 10.2. The molecule has 6 rings (SSSR count). The molecule has 0 radical (unpaired) electrons. The minimum absolute atomic E-state index is 0.0298. The zero-order valence-corrected chi connectivity index (χ0v) is 20.8. The van der Waals surface area contributed by atoms with Crippen LogP contribution >= 0.6 is 0 Å². The number of anilines is 3. The number of nitrogens with one attached hydrogen (secondary N) is 4. The monoisotopic (exact) mass is 511 g/mol. The van der Waals surface area contributed by atoms with E-state index in [4.69, 9.17) is 5.10 Å². The van der Waals surface area contributed by atoms with E-state index in [1.54, 1.807) is 16.8 Å². The molecule has 2 amide bonds. The van der Waals surface area contributed by atoms with Crippen LogP contribution in [0.25, 0.3) is 5.65 Å². The number of hydrogen-bond acceptors (Lipinski definition) is 8. The van der Waals surface area contributed by atoms with Gasteiger partial charge in [-0.25, -0.2) is 19.5 Å². The highest BCUT2D eigenvalue weighted by molar-refractivity contribution is 6.03. The zero-order valence-electron chi connectivity index (χ0n) is 20.8. The number of amides is 2. The van der Waals surface area contributed by atoms with Gasteiger partial charge in [0, 0.05) is 36.0 Å². The van der Waals surface area contributed by atoms with Crippen LogP contribution in [-0.2, 0) is 0 Å². The molecule has 1 aromatic carbocycles. The molecule has 0 aliphatic heterocycles. The number of hydrogen-bond donors (Lipinski definition) is 4. The van der Waals surface area contributed by atoms with Gasteiger partial charge in [-0.2, -0.15) is 0 Å². The summed E-state index contributed by atoms with van der Waals surface area (Å²) in [6, 6.07) is 13.7. The summed E-state index contributed by atoms with van der Waals surface area (Å²) in [5.41, 5.74) is 2.44. The molecule has 0 unspecified atom stereocenters. The summed E-state index contributed by atoms with van der Waals surface area (Å²) in [4.78, 5) is 38.0. The second-order valence-corrected chi connectivity index (χ2v) is 9.82. The number of aromatic nitrogens is 5. The first-order valence-corrected chi connectivity index (χ1v) is 13.0. The van der Waals surface area contributed by atoms with Gasteiger partial charge >= 0.3 is 0 Å². The van der Waals surface area contributed by atoms with E-state index >= 15 is 0 Å². The number of rotatable bonds is 8. The fourth-order valence-corrected chi connectivity index (χ4v) is 4.74. The van der Waals surface area contributed by atoms with Gasteiger partial charge in [0.05, 0.1) is 11.9 Å². The van der Waals surface area contributed by atoms with E-state index in [-0.39, 0.29) is 23.9 Å². The van der Waals surface area contributed by atoms with E-state index in [0.717, 1.165) is 44.2 Å². The van der Waals surface area contributed by atoms with Crippen LogP contribution in [0.3, 0.4) is 0 Å². The van der Waals surface area contributed by atoms with Crippen molar-refractivity contribution in [2.24, 2.45) is 0 Å². The molecule has 3 aromatic heterocycles. The number of fused-ring (bicyclic) bond motifs is 1. The molecule has 4 N–H and O–H groups in total. The first-order valence-electron chi connectivity index (χ1n) is 13.0. The topological polar surface area (TPSA) is 138 Å². The van der Waals surface area contributed by atoms with E-state index in [0.29, 0.717) is 34.6 Å². The molecule has 11 nitrogen and oxygen atoms in total. The maximum atomic E-state index is 13.0. The van der Waals surface area contributed by atoms with E-state index in [1.165, 1.54) is 12.5 Å². The second kappa shape index (κ2) is 10.4. The van der Waals surface area contributed by atoms with Gasteiger partial charge in [0.25, 0.3) is 11.8 Å². The van der Waals surface area contributed by atoms with Crippen molar-refractivity contribution in [3.05, 3.63) is 72.4 Å². The lowest BCUT2D eigenvalue weighted by atomic mass is 9.91. The zero-order chi connectivity index (χ0) is 25.9. The van der Waals surface area contributed by atoms with Crippen molar-refractivity contribution >= 4 is 34.8 Å². The Morgan fingerprint density at radius 3 is 2.29 bits per heavy atom. The third kappa shape index (κ3) is 5.41. The molecular formula is C27H29N9O2. The minimum Gasteiger partial charge on any atom is -0.379 e. The Kier molecular flexibility index (Phi) is 6.55. The standard InChI is InChI=1S/C27H29N9O2/c37-26(17-4-2-1-3-5-17)33-20-10-8-19(9-11-20)32-24-14-21(31-18-6-7-18)25-29-15-22(36(25)35-24)27(38)34-23-12-13-28-16-30-23/h1-5,12-16,18-20,31H,6-11H2,(H,32,35)(H,33,37)(H,28,30,34,38). The predicted molar refractivity (Wildman–Crippen MR) is 143 cm³/mol. The fraction of sp³-hybridized carbons (Fsp3) is 0.333. The van der Waals surface area contributed by atoms with Crippen LogP contribution in [0.1, 0.15) is 59.4 Å². The average Bonchev–Trinajstić information content (AvgIpc) is 3.65. The van der Waals surface area contributed by atoms with E-state index in [9.17, 15) is 9.59 Å². The SMILES string of the molecule is O=C(NC1CCC(Nc2cc(NC3CC3)c3ncc(C(=O)Nc4ccncn4)n3n2)CC1)c1ccccc1. The Balaban J connectivity index is 1.16. The number of carbonyl (C=O) groups is 2. The third-order valence-electron chi connectivity index (χ3n) is 6.91. The highest BCUT2D eigenvalue weighted by Crippen LogP contribution is 2.30. The summed E-state index contributed by atoms with van der Waals surface area (Å²) < 4.78 is 1.58. The lowest BCUT2D eigenvalue weighted by Crippen LogP contribution is -2.40. The number of carbonyl (C=O) groups excluding carboxylic acids is 2. The molecule has 2 fully saturated rings. The first-order chi connectivity index (χ1) is 18.6. The van der Waals surface area contributed by atoms with Crippen molar-refractivity contribution in [2.45, 2.75) is 56.7 Å². The molecule has 2 saturated carbocycles. The van der Waals surface area contributed by atoms with E-state index < -0.39 is 0 Å². The van der Waals surface area contributed by atoms with Gasteiger partial charge in [0.1, 0.15) is 18.0 Å². The van der Waals surface area contributed by atoms with Crippen molar-refractivity contribution < 1.29 is 9.59 Å². The van der Waals surface area contributed by atoms with Crippen LogP contribution in [0.5, 0.6) is 0 Å². The molecule has 38 heavy (non-hydrogen) atoms. The van der Waals surface area contributed by atoms with Crippen LogP contribution in [0.4, 0.5) is 17.3 Å². The normalized spacial score (nSPS) is 19.1. The summed E-state index contributed by atoms with van der Waals surface area (Å²) in [7, 11) is 0. The Bertz CT molecular complexity index is 1430. The largest absolute Gasteiger partial charge is 0.379 e. The summed E-state index contributed by atoms with van der Waals surface area (Å²) in [5, 5.41) is 17.7. The fourth-order valence-electron chi connectivity index (χ4n) is 4.74. The van der Waals surface area contributed by atoms with Gasteiger partial charge in [0.2, 0.25) is 0 Å². The van der Waals surface area contributed by atoms with Crippen molar-refractivity contribution in [2.75, 3.05) is 16.0 Å².